The summed E-state index contributed by atoms with van der Waals surface area (Å²) >= 11 is 0. The second-order valence-corrected chi connectivity index (χ2v) is 7.49. The van der Waals surface area contributed by atoms with Gasteiger partial charge < -0.3 is 15.2 Å². The van der Waals surface area contributed by atoms with Gasteiger partial charge in [0, 0.05) is 19.7 Å². The highest BCUT2D eigenvalue weighted by Gasteiger charge is 2.31. The molecule has 1 amide bonds. The normalized spacial score (nSPS) is 22.6. The van der Waals surface area contributed by atoms with Gasteiger partial charge in [-0.05, 0) is 37.0 Å². The molecule has 0 bridgehead atoms. The zero-order valence-electron chi connectivity index (χ0n) is 12.0. The van der Waals surface area contributed by atoms with E-state index in [0.29, 0.717) is 24.5 Å². The van der Waals surface area contributed by atoms with Crippen molar-refractivity contribution in [2.45, 2.75) is 17.7 Å². The molecular weight excluding hydrogens is 308 g/mol. The molecule has 0 unspecified atom stereocenters. The molecule has 0 radical (unpaired) electrons. The largest absolute Gasteiger partial charge is 0.482 e. The van der Waals surface area contributed by atoms with E-state index < -0.39 is 10.0 Å². The van der Waals surface area contributed by atoms with Crippen molar-refractivity contribution < 1.29 is 23.1 Å². The monoisotopic (exact) mass is 326 g/mol. The molecule has 0 saturated carbocycles. The van der Waals surface area contributed by atoms with E-state index in [1.807, 2.05) is 0 Å². The average Bonchev–Trinajstić information content (AvgIpc) is 2.54. The molecule has 0 aliphatic carbocycles. The van der Waals surface area contributed by atoms with E-state index in [4.69, 9.17) is 4.74 Å². The van der Waals surface area contributed by atoms with E-state index in [0.717, 1.165) is 12.8 Å². The number of carbonyl (C=O) groups is 1. The van der Waals surface area contributed by atoms with Crippen LogP contribution in [-0.2, 0) is 14.8 Å². The summed E-state index contributed by atoms with van der Waals surface area (Å²) in [6.45, 7) is 0.682. The number of rotatable bonds is 3. The SMILES string of the molecule is O=C1COc2ccc(S(=O)(=O)N3CCC[C@@H](CO)C3)cc2N1. The van der Waals surface area contributed by atoms with E-state index in [1.165, 1.54) is 16.4 Å². The highest BCUT2D eigenvalue weighted by Crippen LogP contribution is 2.32. The Labute approximate surface area is 128 Å². The Balaban J connectivity index is 1.89. The average molecular weight is 326 g/mol. The molecule has 2 aliphatic rings. The highest BCUT2D eigenvalue weighted by molar-refractivity contribution is 7.89. The Hall–Kier alpha value is -1.64. The molecular formula is C14H18N2O5S. The quantitative estimate of drug-likeness (QED) is 0.839. The lowest BCUT2D eigenvalue weighted by molar-refractivity contribution is -0.118. The molecule has 22 heavy (non-hydrogen) atoms. The lowest BCUT2D eigenvalue weighted by Crippen LogP contribution is -2.40. The van der Waals surface area contributed by atoms with Crippen molar-refractivity contribution in [1.29, 1.82) is 0 Å². The van der Waals surface area contributed by atoms with Crippen LogP contribution in [0.5, 0.6) is 5.75 Å². The maximum atomic E-state index is 12.7. The lowest BCUT2D eigenvalue weighted by Gasteiger charge is -2.31. The van der Waals surface area contributed by atoms with Crippen LogP contribution in [0.2, 0.25) is 0 Å². The van der Waals surface area contributed by atoms with Crippen LogP contribution in [0.25, 0.3) is 0 Å². The van der Waals surface area contributed by atoms with Crippen LogP contribution in [0.4, 0.5) is 5.69 Å². The van der Waals surface area contributed by atoms with Gasteiger partial charge in [0.05, 0.1) is 10.6 Å². The second-order valence-electron chi connectivity index (χ2n) is 5.55. The first kappa shape index (κ1) is 15.3. The van der Waals surface area contributed by atoms with E-state index in [9.17, 15) is 18.3 Å². The summed E-state index contributed by atoms with van der Waals surface area (Å²) in [7, 11) is -3.64. The number of nitrogens with zero attached hydrogens (tertiary/aromatic N) is 1. The zero-order valence-corrected chi connectivity index (χ0v) is 12.8. The van der Waals surface area contributed by atoms with Gasteiger partial charge in [-0.1, -0.05) is 0 Å². The van der Waals surface area contributed by atoms with Crippen molar-refractivity contribution in [2.75, 3.05) is 31.6 Å². The number of fused-ring (bicyclic) bond motifs is 1. The predicted molar refractivity (Wildman–Crippen MR) is 79.1 cm³/mol. The fourth-order valence-electron chi connectivity index (χ4n) is 2.77. The van der Waals surface area contributed by atoms with Gasteiger partial charge >= 0.3 is 0 Å². The number of benzene rings is 1. The molecule has 120 valence electrons. The Morgan fingerprint density at radius 3 is 3.00 bits per heavy atom. The number of amides is 1. The molecule has 2 N–H and O–H groups in total. The Morgan fingerprint density at radius 1 is 1.41 bits per heavy atom. The third-order valence-electron chi connectivity index (χ3n) is 3.96. The summed E-state index contributed by atoms with van der Waals surface area (Å²) in [4.78, 5) is 11.5. The van der Waals surface area contributed by atoms with Gasteiger partial charge in [0.1, 0.15) is 5.75 Å². The fourth-order valence-corrected chi connectivity index (χ4v) is 4.35. The van der Waals surface area contributed by atoms with Gasteiger partial charge in [-0.25, -0.2) is 8.42 Å². The number of aliphatic hydroxyl groups is 1. The van der Waals surface area contributed by atoms with E-state index in [2.05, 4.69) is 5.32 Å². The van der Waals surface area contributed by atoms with Gasteiger partial charge in [0.25, 0.3) is 5.91 Å². The van der Waals surface area contributed by atoms with Gasteiger partial charge in [-0.3, -0.25) is 4.79 Å². The molecule has 1 saturated heterocycles. The van der Waals surface area contributed by atoms with E-state index >= 15 is 0 Å². The minimum Gasteiger partial charge on any atom is -0.482 e. The Bertz CT molecular complexity index is 688. The number of aliphatic hydroxyl groups excluding tert-OH is 1. The van der Waals surface area contributed by atoms with Crippen molar-refractivity contribution >= 4 is 21.6 Å². The van der Waals surface area contributed by atoms with E-state index in [1.54, 1.807) is 6.07 Å². The maximum Gasteiger partial charge on any atom is 0.262 e. The van der Waals surface area contributed by atoms with Gasteiger partial charge in [0.2, 0.25) is 10.0 Å². The van der Waals surface area contributed by atoms with Crippen LogP contribution >= 0.6 is 0 Å². The van der Waals surface area contributed by atoms with Gasteiger partial charge in [0.15, 0.2) is 6.61 Å². The summed E-state index contributed by atoms with van der Waals surface area (Å²) in [6.07, 6.45) is 1.56. The first-order valence-electron chi connectivity index (χ1n) is 7.18. The number of nitrogens with one attached hydrogen (secondary N) is 1. The molecule has 8 heteroatoms. The zero-order chi connectivity index (χ0) is 15.7. The fraction of sp³-hybridized carbons (Fsp3) is 0.500. The Morgan fingerprint density at radius 2 is 2.23 bits per heavy atom. The van der Waals surface area contributed by atoms with Crippen LogP contribution in [-0.4, -0.2) is 50.0 Å². The van der Waals surface area contributed by atoms with Crippen molar-refractivity contribution in [2.24, 2.45) is 5.92 Å². The van der Waals surface area contributed by atoms with Crippen molar-refractivity contribution in [1.82, 2.24) is 4.31 Å². The molecule has 1 fully saturated rings. The van der Waals surface area contributed by atoms with Gasteiger partial charge in [-0.2, -0.15) is 4.31 Å². The number of sulfonamides is 1. The van der Waals surface area contributed by atoms with Crippen LogP contribution in [0.3, 0.4) is 0 Å². The maximum absolute atomic E-state index is 12.7. The highest BCUT2D eigenvalue weighted by atomic mass is 32.2. The molecule has 3 rings (SSSR count). The summed E-state index contributed by atoms with van der Waals surface area (Å²) in [5, 5.41) is 11.9. The molecule has 2 aliphatic heterocycles. The number of piperidine rings is 1. The molecule has 2 heterocycles. The first-order valence-corrected chi connectivity index (χ1v) is 8.62. The smallest absolute Gasteiger partial charge is 0.262 e. The number of anilines is 1. The topological polar surface area (TPSA) is 95.9 Å². The van der Waals surface area contributed by atoms with E-state index in [-0.39, 0.29) is 29.9 Å². The summed E-state index contributed by atoms with van der Waals surface area (Å²) in [5.74, 6) is 0.134. The lowest BCUT2D eigenvalue weighted by atomic mass is 10.0. The summed E-state index contributed by atoms with van der Waals surface area (Å²) in [5.41, 5.74) is 0.369. The first-order chi connectivity index (χ1) is 10.5. The minimum atomic E-state index is -3.64. The van der Waals surface area contributed by atoms with Crippen molar-refractivity contribution in [3.05, 3.63) is 18.2 Å². The molecule has 7 nitrogen and oxygen atoms in total. The summed E-state index contributed by atoms with van der Waals surface area (Å²) < 4.78 is 32.0. The third kappa shape index (κ3) is 2.81. The minimum absolute atomic E-state index is 0.0138. The van der Waals surface area contributed by atoms with Crippen LogP contribution in [0.15, 0.2) is 23.1 Å². The predicted octanol–water partition coefficient (Wildman–Crippen LogP) is 0.410. The third-order valence-corrected chi connectivity index (χ3v) is 5.82. The standard InChI is InChI=1S/C14H18N2O5S/c17-8-10-2-1-5-16(7-10)22(19,20)11-3-4-13-12(6-11)15-14(18)9-21-13/h3-4,6,10,17H,1-2,5,7-9H2,(H,15,18)/t10-/m1/s1. The number of carbonyl (C=O) groups excluding carboxylic acids is 1. The Kier molecular flexibility index (Phi) is 4.07. The van der Waals surface area contributed by atoms with Crippen molar-refractivity contribution in [3.8, 4) is 5.75 Å². The van der Waals surface area contributed by atoms with Crippen molar-refractivity contribution in [3.63, 3.8) is 0 Å². The number of ether oxygens (including phenoxy) is 1. The second kappa shape index (κ2) is 5.86. The summed E-state index contributed by atoms with van der Waals surface area (Å²) in [6, 6.07) is 4.45. The van der Waals surface area contributed by atoms with Crippen LogP contribution < -0.4 is 10.1 Å². The van der Waals surface area contributed by atoms with Crippen LogP contribution in [0.1, 0.15) is 12.8 Å². The number of hydrogen-bond acceptors (Lipinski definition) is 5. The molecule has 0 aromatic heterocycles. The molecule has 1 aromatic carbocycles. The number of hydrogen-bond donors (Lipinski definition) is 2. The molecule has 1 atom stereocenters. The molecule has 0 spiro atoms. The molecule has 1 aromatic rings. The van der Waals surface area contributed by atoms with Crippen LogP contribution in [0, 0.1) is 5.92 Å². The van der Waals surface area contributed by atoms with Gasteiger partial charge in [-0.15, -0.1) is 0 Å².